The highest BCUT2D eigenvalue weighted by molar-refractivity contribution is 5.85. The van der Waals surface area contributed by atoms with Crippen LogP contribution in [0.15, 0.2) is 12.4 Å². The third-order valence-electron chi connectivity index (χ3n) is 1.52. The summed E-state index contributed by atoms with van der Waals surface area (Å²) in [5.74, 6) is 1.13. The van der Waals surface area contributed by atoms with E-state index in [0.29, 0.717) is 0 Å². The number of hydrogen-bond donors (Lipinski definition) is 1. The van der Waals surface area contributed by atoms with Crippen LogP contribution in [0.5, 0.6) is 0 Å². The molecule has 0 radical (unpaired) electrons. The van der Waals surface area contributed by atoms with Crippen molar-refractivity contribution in [2.75, 3.05) is 13.6 Å². The molecule has 0 aliphatic carbocycles. The van der Waals surface area contributed by atoms with Crippen LogP contribution in [0.3, 0.4) is 0 Å². The normalized spacial score (nSPS) is 8.50. The van der Waals surface area contributed by atoms with Crippen molar-refractivity contribution in [3.8, 4) is 0 Å². The fourth-order valence-electron chi connectivity index (χ4n) is 0.874. The lowest BCUT2D eigenvalue weighted by atomic mass is 10.4. The molecule has 0 fully saturated rings. The third-order valence-corrected chi connectivity index (χ3v) is 1.52. The summed E-state index contributed by atoms with van der Waals surface area (Å²) in [4.78, 5) is 4.18. The third kappa shape index (κ3) is 3.95. The van der Waals surface area contributed by atoms with Crippen molar-refractivity contribution in [3.05, 3.63) is 18.2 Å². The van der Waals surface area contributed by atoms with Crippen molar-refractivity contribution in [3.63, 3.8) is 0 Å². The Balaban J connectivity index is 0. The Hall–Kier alpha value is -0.250. The molecule has 0 saturated carbocycles. The molecule has 3 nitrogen and oxygen atoms in total. The molecule has 0 aliphatic rings. The Labute approximate surface area is 85.4 Å². The molecule has 0 atom stereocenters. The molecule has 0 aromatic carbocycles. The summed E-state index contributed by atoms with van der Waals surface area (Å²) in [5, 5.41) is 3.08. The van der Waals surface area contributed by atoms with E-state index in [1.54, 1.807) is 0 Å². The molecule has 1 heterocycles. The molecule has 1 aromatic heterocycles. The maximum absolute atomic E-state index is 4.18. The first-order valence-electron chi connectivity index (χ1n) is 3.45. The van der Waals surface area contributed by atoms with Gasteiger partial charge in [0.05, 0.1) is 0 Å². The van der Waals surface area contributed by atoms with Gasteiger partial charge in [0.25, 0.3) is 0 Å². The monoisotopic (exact) mass is 211 g/mol. The van der Waals surface area contributed by atoms with Crippen LogP contribution < -0.4 is 5.32 Å². The zero-order valence-corrected chi connectivity index (χ0v) is 8.91. The Kier molecular flexibility index (Phi) is 8.81. The Morgan fingerprint density at radius 3 is 2.58 bits per heavy atom. The maximum atomic E-state index is 4.18. The second-order valence-corrected chi connectivity index (χ2v) is 2.31. The largest absolute Gasteiger partial charge is 0.338 e. The highest BCUT2D eigenvalue weighted by Crippen LogP contribution is 1.93. The minimum Gasteiger partial charge on any atom is -0.338 e. The van der Waals surface area contributed by atoms with Crippen LogP contribution in [0.4, 0.5) is 0 Å². The lowest BCUT2D eigenvalue weighted by Crippen LogP contribution is -2.12. The molecule has 0 unspecified atom stereocenters. The molecular formula is C7H15Cl2N3. The molecule has 0 amide bonds. The topological polar surface area (TPSA) is 29.9 Å². The summed E-state index contributed by atoms with van der Waals surface area (Å²) >= 11 is 0. The van der Waals surface area contributed by atoms with Gasteiger partial charge in [0.2, 0.25) is 0 Å². The van der Waals surface area contributed by atoms with E-state index < -0.39 is 0 Å². The van der Waals surface area contributed by atoms with Crippen LogP contribution in [0.1, 0.15) is 5.82 Å². The van der Waals surface area contributed by atoms with Gasteiger partial charge in [0, 0.05) is 32.4 Å². The van der Waals surface area contributed by atoms with Crippen molar-refractivity contribution in [2.45, 2.75) is 6.42 Å². The highest BCUT2D eigenvalue weighted by atomic mass is 35.5. The average Bonchev–Trinajstić information content (AvgIpc) is 2.31. The molecule has 1 aromatic rings. The number of hydrogen-bond acceptors (Lipinski definition) is 2. The standard InChI is InChI=1S/C7H13N3.2ClH/c1-8-4-3-7-9-5-6-10(7)2;;/h5-6,8H,3-4H2,1-2H3;2*1H. The molecule has 0 aliphatic heterocycles. The fourth-order valence-corrected chi connectivity index (χ4v) is 0.874. The van der Waals surface area contributed by atoms with Gasteiger partial charge in [0.15, 0.2) is 0 Å². The molecule has 1 rings (SSSR count). The number of nitrogens with zero attached hydrogens (tertiary/aromatic N) is 2. The van der Waals surface area contributed by atoms with E-state index in [0.717, 1.165) is 18.8 Å². The molecule has 0 saturated heterocycles. The quantitative estimate of drug-likeness (QED) is 0.810. The van der Waals surface area contributed by atoms with Gasteiger partial charge in [0.1, 0.15) is 5.82 Å². The van der Waals surface area contributed by atoms with Gasteiger partial charge in [-0.2, -0.15) is 0 Å². The maximum Gasteiger partial charge on any atom is 0.109 e. The first-order valence-corrected chi connectivity index (χ1v) is 3.45. The number of aryl methyl sites for hydroxylation is 1. The van der Waals surface area contributed by atoms with Crippen LogP contribution in [-0.2, 0) is 13.5 Å². The molecule has 1 N–H and O–H groups in total. The second-order valence-electron chi connectivity index (χ2n) is 2.31. The summed E-state index contributed by atoms with van der Waals surface area (Å²) in [7, 11) is 3.96. The highest BCUT2D eigenvalue weighted by Gasteiger charge is 1.95. The van der Waals surface area contributed by atoms with Gasteiger partial charge < -0.3 is 9.88 Å². The second kappa shape index (κ2) is 7.40. The average molecular weight is 212 g/mol. The number of nitrogens with one attached hydrogen (secondary N) is 1. The van der Waals surface area contributed by atoms with Crippen LogP contribution in [-0.4, -0.2) is 23.1 Å². The first kappa shape index (κ1) is 14.3. The van der Waals surface area contributed by atoms with E-state index in [-0.39, 0.29) is 24.8 Å². The van der Waals surface area contributed by atoms with E-state index in [1.165, 1.54) is 0 Å². The molecular weight excluding hydrogens is 197 g/mol. The Morgan fingerprint density at radius 1 is 1.50 bits per heavy atom. The number of rotatable bonds is 3. The van der Waals surface area contributed by atoms with Crippen LogP contribution >= 0.6 is 24.8 Å². The molecule has 72 valence electrons. The molecule has 0 bridgehead atoms. The fraction of sp³-hybridized carbons (Fsp3) is 0.571. The van der Waals surface area contributed by atoms with E-state index in [9.17, 15) is 0 Å². The molecule has 0 spiro atoms. The zero-order chi connectivity index (χ0) is 7.40. The number of imidazole rings is 1. The van der Waals surface area contributed by atoms with Crippen molar-refractivity contribution in [1.82, 2.24) is 14.9 Å². The summed E-state index contributed by atoms with van der Waals surface area (Å²) in [6.07, 6.45) is 4.79. The van der Waals surface area contributed by atoms with Crippen LogP contribution in [0, 0.1) is 0 Å². The minimum absolute atomic E-state index is 0. The van der Waals surface area contributed by atoms with Gasteiger partial charge in [-0.25, -0.2) is 4.98 Å². The number of halogens is 2. The SMILES string of the molecule is CNCCc1nccn1C.Cl.Cl. The Bertz CT molecular complexity index is 200. The summed E-state index contributed by atoms with van der Waals surface area (Å²) in [6.45, 7) is 0.991. The van der Waals surface area contributed by atoms with Crippen molar-refractivity contribution >= 4 is 24.8 Å². The molecule has 5 heteroatoms. The Morgan fingerprint density at radius 2 is 2.17 bits per heavy atom. The van der Waals surface area contributed by atoms with Gasteiger partial charge >= 0.3 is 0 Å². The lowest BCUT2D eigenvalue weighted by molar-refractivity contribution is 0.718. The van der Waals surface area contributed by atoms with Crippen molar-refractivity contribution < 1.29 is 0 Å². The first-order chi connectivity index (χ1) is 4.84. The van der Waals surface area contributed by atoms with E-state index in [4.69, 9.17) is 0 Å². The number of likely N-dealkylation sites (N-methyl/N-ethyl adjacent to an activating group) is 1. The van der Waals surface area contributed by atoms with E-state index in [1.807, 2.05) is 31.1 Å². The summed E-state index contributed by atoms with van der Waals surface area (Å²) in [6, 6.07) is 0. The van der Waals surface area contributed by atoms with E-state index in [2.05, 4.69) is 10.3 Å². The predicted molar refractivity (Wildman–Crippen MR) is 55.3 cm³/mol. The van der Waals surface area contributed by atoms with Gasteiger partial charge in [-0.15, -0.1) is 24.8 Å². The van der Waals surface area contributed by atoms with Crippen LogP contribution in [0.25, 0.3) is 0 Å². The van der Waals surface area contributed by atoms with Gasteiger partial charge in [-0.05, 0) is 7.05 Å². The molecule has 12 heavy (non-hydrogen) atoms. The van der Waals surface area contributed by atoms with Gasteiger partial charge in [-0.1, -0.05) is 0 Å². The summed E-state index contributed by atoms with van der Waals surface area (Å²) in [5.41, 5.74) is 0. The predicted octanol–water partition coefficient (Wildman–Crippen LogP) is 1.03. The smallest absolute Gasteiger partial charge is 0.109 e. The van der Waals surface area contributed by atoms with Gasteiger partial charge in [-0.3, -0.25) is 0 Å². The number of aromatic nitrogens is 2. The summed E-state index contributed by atoms with van der Waals surface area (Å²) < 4.78 is 2.04. The van der Waals surface area contributed by atoms with Crippen molar-refractivity contribution in [2.24, 2.45) is 7.05 Å². The van der Waals surface area contributed by atoms with Crippen molar-refractivity contribution in [1.29, 1.82) is 0 Å². The lowest BCUT2D eigenvalue weighted by Gasteiger charge is -1.99. The van der Waals surface area contributed by atoms with Crippen LogP contribution in [0.2, 0.25) is 0 Å². The minimum atomic E-state index is 0. The van der Waals surface area contributed by atoms with E-state index >= 15 is 0 Å². The zero-order valence-electron chi connectivity index (χ0n) is 7.28.